The van der Waals surface area contributed by atoms with Crippen LogP contribution in [0.1, 0.15) is 0 Å². The van der Waals surface area contributed by atoms with E-state index in [4.69, 9.17) is 0 Å². The van der Waals surface area contributed by atoms with E-state index < -0.39 is 41.8 Å². The molecule has 3 nitrogen and oxygen atoms in total. The molecule has 0 aromatic heterocycles. The number of hydrogen-bond acceptors (Lipinski definition) is 2. The van der Waals surface area contributed by atoms with Crippen LogP contribution in [0.15, 0.2) is 27.1 Å². The van der Waals surface area contributed by atoms with Crippen LogP contribution in [-0.2, 0) is 9.53 Å². The Balaban J connectivity index is 3.34. The second kappa shape index (κ2) is 7.59. The third kappa shape index (κ3) is 4.69. The molecular formula is C12H4Br2F11NO2. The van der Waals surface area contributed by atoms with Crippen molar-refractivity contribution in [3.8, 4) is 0 Å². The van der Waals surface area contributed by atoms with Crippen molar-refractivity contribution in [2.24, 2.45) is 0 Å². The number of halogens is 13. The fourth-order valence-electron chi connectivity index (χ4n) is 1.43. The molecule has 0 saturated heterocycles. The summed E-state index contributed by atoms with van der Waals surface area (Å²) >= 11 is 5.61. The minimum absolute atomic E-state index is 0.230. The van der Waals surface area contributed by atoms with Gasteiger partial charge in [0.25, 0.3) is 5.91 Å². The van der Waals surface area contributed by atoms with Crippen molar-refractivity contribution < 1.29 is 57.8 Å². The predicted octanol–water partition coefficient (Wildman–Crippen LogP) is 6.19. The van der Waals surface area contributed by atoms with Crippen LogP contribution in [0, 0.1) is 0 Å². The van der Waals surface area contributed by atoms with Gasteiger partial charge in [-0.25, -0.2) is 0 Å². The third-order valence-electron chi connectivity index (χ3n) is 2.83. The van der Waals surface area contributed by atoms with Gasteiger partial charge in [0.1, 0.15) is 0 Å². The molecule has 0 heterocycles. The summed E-state index contributed by atoms with van der Waals surface area (Å²) in [5.74, 6) is -16.6. The topological polar surface area (TPSA) is 38.3 Å². The summed E-state index contributed by atoms with van der Waals surface area (Å²) in [5, 5.41) is 1.11. The van der Waals surface area contributed by atoms with Gasteiger partial charge < -0.3 is 5.32 Å². The number of ether oxygens (including phenoxy) is 1. The summed E-state index contributed by atoms with van der Waals surface area (Å²) in [7, 11) is 0. The van der Waals surface area contributed by atoms with Gasteiger partial charge >= 0.3 is 30.2 Å². The number of amides is 1. The van der Waals surface area contributed by atoms with Crippen molar-refractivity contribution in [1.82, 2.24) is 0 Å². The molecule has 1 N–H and O–H groups in total. The molecule has 0 bridgehead atoms. The highest BCUT2D eigenvalue weighted by atomic mass is 79.9. The van der Waals surface area contributed by atoms with Crippen LogP contribution in [-0.4, -0.2) is 36.1 Å². The maximum Gasteiger partial charge on any atom is 0.462 e. The van der Waals surface area contributed by atoms with Gasteiger partial charge in [0, 0.05) is 8.95 Å². The number of rotatable bonds is 5. The van der Waals surface area contributed by atoms with Gasteiger partial charge in [-0.3, -0.25) is 9.53 Å². The van der Waals surface area contributed by atoms with Crippen molar-refractivity contribution in [3.63, 3.8) is 0 Å². The Bertz CT molecular complexity index is 750. The Morgan fingerprint density at radius 2 is 1.36 bits per heavy atom. The Morgan fingerprint density at radius 1 is 0.857 bits per heavy atom. The molecular weight excluding hydrogens is 559 g/mol. The van der Waals surface area contributed by atoms with E-state index in [0.29, 0.717) is 0 Å². The number of anilines is 1. The van der Waals surface area contributed by atoms with Gasteiger partial charge in [-0.05, 0) is 34.1 Å². The van der Waals surface area contributed by atoms with Gasteiger partial charge in [-0.2, -0.15) is 48.3 Å². The molecule has 28 heavy (non-hydrogen) atoms. The van der Waals surface area contributed by atoms with E-state index in [1.165, 1.54) is 0 Å². The monoisotopic (exact) mass is 561 g/mol. The Kier molecular flexibility index (Phi) is 6.74. The summed E-state index contributed by atoms with van der Waals surface area (Å²) in [5.41, 5.74) is -0.672. The second-order valence-corrected chi connectivity index (χ2v) is 6.63. The lowest BCUT2D eigenvalue weighted by molar-refractivity contribution is -0.472. The molecule has 0 aliphatic rings. The van der Waals surface area contributed by atoms with E-state index in [-0.39, 0.29) is 8.95 Å². The van der Waals surface area contributed by atoms with Crippen LogP contribution in [0.4, 0.5) is 54.0 Å². The maximum atomic E-state index is 14.0. The first-order chi connectivity index (χ1) is 12.3. The van der Waals surface area contributed by atoms with Crippen LogP contribution in [0.25, 0.3) is 0 Å². The van der Waals surface area contributed by atoms with Crippen molar-refractivity contribution >= 4 is 43.5 Å². The lowest BCUT2D eigenvalue weighted by Crippen LogP contribution is -2.62. The molecule has 0 unspecified atom stereocenters. The SMILES string of the molecule is O=C(Nc1ccc(Br)cc1Br)[C@@](F)(OC(F)(F)C(F)(F)C(F)(F)F)C(F)(F)F. The molecule has 0 fully saturated rings. The minimum atomic E-state index is -7.25. The largest absolute Gasteiger partial charge is 0.462 e. The van der Waals surface area contributed by atoms with E-state index in [1.807, 2.05) is 0 Å². The maximum absolute atomic E-state index is 14.0. The van der Waals surface area contributed by atoms with Crippen molar-refractivity contribution in [1.29, 1.82) is 0 Å². The molecule has 1 rings (SSSR count). The average molecular weight is 563 g/mol. The zero-order valence-corrected chi connectivity index (χ0v) is 15.6. The molecule has 0 radical (unpaired) electrons. The molecule has 0 aliphatic heterocycles. The molecule has 1 amide bonds. The van der Waals surface area contributed by atoms with Crippen molar-refractivity contribution in [3.05, 3.63) is 27.1 Å². The Morgan fingerprint density at radius 3 is 1.75 bits per heavy atom. The smallest absolute Gasteiger partial charge is 0.320 e. The first-order valence-electron chi connectivity index (χ1n) is 6.31. The minimum Gasteiger partial charge on any atom is -0.320 e. The standard InChI is InChI=1S/C12H4Br2F11NO2/c13-4-1-2-6(5(14)3-4)26-7(27)8(15,10(18,19)20)28-12(24,25)9(16,17)11(21,22)23/h1-3H,(H,26,27)/t8-/m1/s1. The number of carbonyl (C=O) groups excluding carboxylic acids is 1. The molecule has 0 spiro atoms. The van der Waals surface area contributed by atoms with Gasteiger partial charge in [0.2, 0.25) is 0 Å². The fourth-order valence-corrected chi connectivity index (χ4v) is 2.58. The number of hydrogen-bond donors (Lipinski definition) is 1. The van der Waals surface area contributed by atoms with Gasteiger partial charge in [-0.1, -0.05) is 15.9 Å². The van der Waals surface area contributed by atoms with Crippen molar-refractivity contribution in [2.45, 2.75) is 30.2 Å². The molecule has 1 aromatic carbocycles. The van der Waals surface area contributed by atoms with E-state index in [1.54, 1.807) is 0 Å². The zero-order valence-electron chi connectivity index (χ0n) is 12.5. The summed E-state index contributed by atoms with van der Waals surface area (Å²) < 4.78 is 142. The summed E-state index contributed by atoms with van der Waals surface area (Å²) in [6, 6.07) is 3.00. The third-order valence-corrected chi connectivity index (χ3v) is 3.98. The Hall–Kier alpha value is -1.16. The molecule has 0 aliphatic carbocycles. The zero-order chi connectivity index (χ0) is 22.3. The van der Waals surface area contributed by atoms with E-state index >= 15 is 0 Å². The van der Waals surface area contributed by atoms with E-state index in [0.717, 1.165) is 23.5 Å². The van der Waals surface area contributed by atoms with Gasteiger partial charge in [0.15, 0.2) is 0 Å². The second-order valence-electron chi connectivity index (χ2n) is 4.86. The normalized spacial score (nSPS) is 15.9. The molecule has 16 heteroatoms. The van der Waals surface area contributed by atoms with Crippen LogP contribution >= 0.6 is 31.9 Å². The van der Waals surface area contributed by atoms with Gasteiger partial charge in [-0.15, -0.1) is 0 Å². The first-order valence-corrected chi connectivity index (χ1v) is 7.89. The quantitative estimate of drug-likeness (QED) is 0.435. The number of nitrogens with one attached hydrogen (secondary N) is 1. The van der Waals surface area contributed by atoms with E-state index in [2.05, 4.69) is 36.6 Å². The number of carbonyl (C=O) groups is 1. The van der Waals surface area contributed by atoms with Crippen LogP contribution in [0.5, 0.6) is 0 Å². The summed E-state index contributed by atoms with van der Waals surface area (Å²) in [6.45, 7) is 0. The van der Waals surface area contributed by atoms with Gasteiger partial charge in [0.05, 0.1) is 5.69 Å². The van der Waals surface area contributed by atoms with Crippen LogP contribution in [0.3, 0.4) is 0 Å². The number of benzene rings is 1. The molecule has 0 saturated carbocycles. The highest BCUT2D eigenvalue weighted by Gasteiger charge is 2.79. The van der Waals surface area contributed by atoms with E-state index in [9.17, 15) is 53.1 Å². The molecule has 1 atom stereocenters. The lowest BCUT2D eigenvalue weighted by Gasteiger charge is -2.34. The highest BCUT2D eigenvalue weighted by Crippen LogP contribution is 2.51. The highest BCUT2D eigenvalue weighted by molar-refractivity contribution is 9.11. The Labute approximate surface area is 164 Å². The summed E-state index contributed by atoms with van der Waals surface area (Å²) in [4.78, 5) is 11.5. The fraction of sp³-hybridized carbons (Fsp3) is 0.417. The number of alkyl halides is 11. The summed E-state index contributed by atoms with van der Waals surface area (Å²) in [6.07, 6.45) is -21.0. The van der Waals surface area contributed by atoms with Crippen LogP contribution in [0.2, 0.25) is 0 Å². The average Bonchev–Trinajstić information content (AvgIpc) is 2.46. The predicted molar refractivity (Wildman–Crippen MR) is 77.4 cm³/mol. The lowest BCUT2D eigenvalue weighted by atomic mass is 10.2. The molecule has 1 aromatic rings. The molecule has 160 valence electrons. The van der Waals surface area contributed by atoms with Crippen LogP contribution < -0.4 is 5.32 Å². The first kappa shape index (κ1) is 24.9. The van der Waals surface area contributed by atoms with Crippen molar-refractivity contribution in [2.75, 3.05) is 5.32 Å².